The molecule has 2 saturated heterocycles. The second-order valence-corrected chi connectivity index (χ2v) is 37.6. The number of carbonyl (C=O) groups excluding carboxylic acids is 5. The summed E-state index contributed by atoms with van der Waals surface area (Å²) in [5.41, 5.74) is 18.6. The summed E-state index contributed by atoms with van der Waals surface area (Å²) in [6.07, 6.45) is 17.3. The minimum Gasteiger partial charge on any atom is -0.870 e. The number of carboxylic acid groups (broad SMARTS) is 1. The summed E-state index contributed by atoms with van der Waals surface area (Å²) in [5, 5.41) is 29.3. The van der Waals surface area contributed by atoms with Crippen molar-refractivity contribution in [2.45, 2.75) is 184 Å². The number of rotatable bonds is 35. The van der Waals surface area contributed by atoms with Crippen LogP contribution < -0.4 is 82.7 Å². The number of ether oxygens (including phenoxy) is 10. The van der Waals surface area contributed by atoms with Gasteiger partial charge in [-0.3, -0.25) is 42.9 Å². The Kier molecular flexibility index (Phi) is 59.0. The number of aliphatic carboxylic acids is 1. The van der Waals surface area contributed by atoms with Gasteiger partial charge in [0, 0.05) is 92.4 Å². The van der Waals surface area contributed by atoms with E-state index in [1.165, 1.54) is 117 Å². The molecular formula is C93H137ClLiN17O28S3. The number of sulfonamides is 3. The molecule has 0 amide bonds. The fourth-order valence-corrected chi connectivity index (χ4v) is 14.2. The van der Waals surface area contributed by atoms with Gasteiger partial charge in [0.1, 0.15) is 35.2 Å². The molecule has 0 saturated carbocycles. The maximum atomic E-state index is 13.0. The molecule has 2 aliphatic heterocycles. The Morgan fingerprint density at radius 3 is 1.12 bits per heavy atom. The van der Waals surface area contributed by atoms with E-state index in [-0.39, 0.29) is 126 Å². The number of carbonyl (C=O) groups is 6. The number of nitrogens with zero attached hydrogens (tertiary/aromatic N) is 12. The summed E-state index contributed by atoms with van der Waals surface area (Å²) < 4.78 is 124. The van der Waals surface area contributed by atoms with Gasteiger partial charge < -0.3 is 99.4 Å². The number of methoxy groups -OCH3 is 6. The number of alkyl halides is 1. The third kappa shape index (κ3) is 45.2. The van der Waals surface area contributed by atoms with Gasteiger partial charge in [-0.05, 0) is 222 Å². The number of esters is 4. The Hall–Kier alpha value is -12.7. The van der Waals surface area contributed by atoms with E-state index in [1.54, 1.807) is 85.9 Å². The maximum Gasteiger partial charge on any atom is 1.00 e. The van der Waals surface area contributed by atoms with Gasteiger partial charge in [0.05, 0.1) is 112 Å². The number of nitrogen functional groups attached to an aromatic ring is 1. The van der Waals surface area contributed by atoms with Crippen LogP contribution in [0.1, 0.15) is 203 Å². The molecule has 6 atom stereocenters. The molecule has 788 valence electrons. The van der Waals surface area contributed by atoms with Crippen molar-refractivity contribution >= 4 is 124 Å². The third-order valence-electron chi connectivity index (χ3n) is 20.7. The number of anilines is 6. The van der Waals surface area contributed by atoms with E-state index in [1.807, 2.05) is 32.9 Å². The van der Waals surface area contributed by atoms with E-state index in [0.29, 0.717) is 73.0 Å². The van der Waals surface area contributed by atoms with Crippen LogP contribution in [0.5, 0.6) is 34.5 Å². The van der Waals surface area contributed by atoms with Crippen molar-refractivity contribution in [1.29, 1.82) is 0 Å². The van der Waals surface area contributed by atoms with Crippen LogP contribution in [-0.4, -0.2) is 241 Å². The predicted octanol–water partition coefficient (Wildman–Crippen LogP) is 10.2. The quantitative estimate of drug-likeness (QED) is 0.00537. The van der Waals surface area contributed by atoms with Crippen molar-refractivity contribution in [3.8, 4) is 34.5 Å². The Bertz CT molecular complexity index is 5770. The van der Waals surface area contributed by atoms with Gasteiger partial charge >= 0.3 is 60.3 Å². The fraction of sp³-hybridized carbons (Fsp3) is 0.505. The molecule has 50 heteroatoms. The molecule has 2 fully saturated rings. The van der Waals surface area contributed by atoms with E-state index < -0.39 is 80.9 Å². The number of hydrogen-bond acceptors (Lipinski definition) is 39. The summed E-state index contributed by atoms with van der Waals surface area (Å²) in [7, 11) is -2.05. The van der Waals surface area contributed by atoms with Crippen LogP contribution in [0.2, 0.25) is 0 Å². The minimum absolute atomic E-state index is 0. The van der Waals surface area contributed by atoms with Crippen molar-refractivity contribution in [3.05, 3.63) is 174 Å². The van der Waals surface area contributed by atoms with Crippen molar-refractivity contribution in [1.82, 2.24) is 39.9 Å². The second kappa shape index (κ2) is 64.7. The molecule has 9 N–H and O–H groups in total. The standard InChI is InChI=1S/C24H34N4O4S.C13H21N3.C12H18N2O5S.C11H14N2O5.C11H16N2O3.C10H14N2O5S.C6H6N2O3.C5H9ClO2.CH4.Li.H2O/c1-16-10-12-28(13-11-16)24-19(7-6-17(2)26-24)8-9-21(29)18(3)20-14-22(32-4)23(25-15-20)27-33(5,30)31;1-10-5-7-16(8-6-10)13-12(9-14)4-3-11(2)15-13;1-5-19-12(15)8(2)9-6-10(18-3)11(13-7-9)14-20(4,16)17;1-4-18-11(14)7(2)8-5-9(17-3)10(12-6-8)13(15)16;1-4-16-11(14)7(2)8-5-9(15-3)10(12)13-6-8;1-6(10(13)14)7-4-8(17-2)9(11-5-7)12-18(3,15)16;1-11-5-3-2-4-7-6(5)8(9)10;1-3-8-5(7)4(2)6;;;/h6-7,14-16,18H,8-13H2,1-5H3,(H,25,27);3-4,10H,5-9,14H2,1-2H3;6-8H,5H2,1-4H3,(H,13,14);5-7H,4H2,1-3H3;5-7H,4H2,1-3H3,(H2,12,13);4-6H,1-3H3,(H,11,12)(H,13,14);2-4H,1H3;4H,3H2,1-2H3;1H4;;1H2/q;;;;;;;;;+1;/p-1. The van der Waals surface area contributed by atoms with Gasteiger partial charge in [0.15, 0.2) is 46.3 Å². The molecule has 143 heavy (non-hydrogen) atoms. The van der Waals surface area contributed by atoms with Crippen LogP contribution in [0.3, 0.4) is 0 Å². The maximum absolute atomic E-state index is 13.0. The van der Waals surface area contributed by atoms with Gasteiger partial charge in [-0.25, -0.2) is 55.2 Å². The normalized spacial score (nSPS) is 13.3. The van der Waals surface area contributed by atoms with Gasteiger partial charge in [-0.15, -0.1) is 11.6 Å². The molecular weight excluding hydrogens is 1940 g/mol. The number of Topliss-reactive ketones (excluding diaryl/α,β-unsaturated/α-hetero) is 1. The molecule has 0 bridgehead atoms. The summed E-state index contributed by atoms with van der Waals surface area (Å²) in [4.78, 5) is 126. The third-order valence-corrected chi connectivity index (χ3v) is 22.6. The second-order valence-electron chi connectivity index (χ2n) is 31.7. The average Bonchev–Trinajstić information content (AvgIpc) is 0.858. The first-order chi connectivity index (χ1) is 65.8. The van der Waals surface area contributed by atoms with Crippen molar-refractivity contribution < 1.29 is 141 Å². The van der Waals surface area contributed by atoms with E-state index >= 15 is 0 Å². The summed E-state index contributed by atoms with van der Waals surface area (Å²) in [6.45, 7) is 31.7. The van der Waals surface area contributed by atoms with Gasteiger partial charge in [0.25, 0.3) is 0 Å². The summed E-state index contributed by atoms with van der Waals surface area (Å²) >= 11 is 5.33. The number of pyridine rings is 8. The zero-order valence-corrected chi connectivity index (χ0v) is 87.9. The van der Waals surface area contributed by atoms with Crippen LogP contribution in [0.4, 0.5) is 46.5 Å². The summed E-state index contributed by atoms with van der Waals surface area (Å²) in [5.74, 6) is 0.0371. The van der Waals surface area contributed by atoms with Gasteiger partial charge in [0.2, 0.25) is 41.6 Å². The topological polar surface area (TPSA) is 631 Å². The fourth-order valence-electron chi connectivity index (χ4n) is 12.6. The molecule has 10 rings (SSSR count). The zero-order valence-electron chi connectivity index (χ0n) is 84.7. The predicted molar refractivity (Wildman–Crippen MR) is 538 cm³/mol. The molecule has 0 radical (unpaired) electrons. The first-order valence-corrected chi connectivity index (χ1v) is 50.3. The molecule has 2 aliphatic rings. The molecule has 10 heterocycles. The number of carboxylic acids is 1. The molecule has 0 spiro atoms. The number of halogens is 1. The number of nitro groups is 2. The number of aryl methyl sites for hydroxylation is 3. The Morgan fingerprint density at radius 2 is 0.797 bits per heavy atom. The molecule has 8 aromatic rings. The Balaban J connectivity index is 0.00000165. The largest absolute Gasteiger partial charge is 1.00 e. The van der Waals surface area contributed by atoms with E-state index in [0.717, 1.165) is 104 Å². The van der Waals surface area contributed by atoms with Gasteiger partial charge in [-0.2, -0.15) is 0 Å². The Morgan fingerprint density at radius 1 is 0.483 bits per heavy atom. The zero-order chi connectivity index (χ0) is 106. The average molecular weight is 2080 g/mol. The molecule has 6 unspecified atom stereocenters. The molecule has 45 nitrogen and oxygen atoms in total. The van der Waals surface area contributed by atoms with E-state index in [2.05, 4.69) is 89.6 Å². The Labute approximate surface area is 853 Å². The number of nitrogens with one attached hydrogen (secondary N) is 3. The van der Waals surface area contributed by atoms with E-state index in [9.17, 15) is 74.2 Å². The number of hydrogen-bond donors (Lipinski definition) is 6. The van der Waals surface area contributed by atoms with Crippen LogP contribution in [0, 0.1) is 45.9 Å². The van der Waals surface area contributed by atoms with Crippen molar-refractivity contribution in [3.63, 3.8) is 0 Å². The van der Waals surface area contributed by atoms with E-state index in [4.69, 9.17) is 75.8 Å². The molecule has 0 aromatic carbocycles. The van der Waals surface area contributed by atoms with Crippen LogP contribution >= 0.6 is 11.6 Å². The van der Waals surface area contributed by atoms with Gasteiger partial charge in [-0.1, -0.05) is 40.3 Å². The number of aromatic nitrogens is 8. The SMILES string of the molecule is C.CCOC(=O)C(C)Cl.CCOC(=O)C(C)c1cnc(N)c(OC)c1.CCOC(=O)C(C)c1cnc(NS(C)(=O)=O)c(OC)c1.CCOC(=O)C(C)c1cnc([N+](=O)[O-])c(OC)c1.COc1cc(C(C)C(=O)CCc2ccc(C)nc2N2CCC(C)CC2)cnc1NS(C)(=O)=O.COc1cc(C(C)C(=O)O)cnc1NS(C)(=O)=O.COc1cccnc1[N+](=O)[O-].Cc1ccc(CN)c(N2CCC(C)CC2)n1.[Li+].[OH-]. The van der Waals surface area contributed by atoms with Crippen molar-refractivity contribution in [2.24, 2.45) is 17.6 Å². The minimum atomic E-state index is -3.49. The monoisotopic (exact) mass is 2080 g/mol. The first-order valence-electron chi connectivity index (χ1n) is 44.2. The number of ketones is 1. The van der Waals surface area contributed by atoms with Crippen LogP contribution in [0.25, 0.3) is 0 Å². The smallest absolute Gasteiger partial charge is 0.870 e. The van der Waals surface area contributed by atoms with Crippen molar-refractivity contribution in [2.75, 3.05) is 144 Å². The van der Waals surface area contributed by atoms with Crippen LogP contribution in [-0.2, 0) is 90.8 Å². The van der Waals surface area contributed by atoms with Crippen LogP contribution in [0.15, 0.2) is 104 Å². The first kappa shape index (κ1) is 130. The summed E-state index contributed by atoms with van der Waals surface area (Å²) in [6, 6.07) is 19.1. The molecule has 8 aromatic heterocycles. The molecule has 0 aliphatic carbocycles. The number of nitrogens with two attached hydrogens (primary N) is 2. The number of piperidine rings is 2.